The van der Waals surface area contributed by atoms with Gasteiger partial charge in [-0.1, -0.05) is 0 Å². The Morgan fingerprint density at radius 2 is 1.25 bits per heavy atom. The van der Waals surface area contributed by atoms with E-state index >= 15 is 0 Å². The quantitative estimate of drug-likeness (QED) is 0.390. The van der Waals surface area contributed by atoms with Crippen molar-refractivity contribution in [3.05, 3.63) is 0 Å². The summed E-state index contributed by atoms with van der Waals surface area (Å²) in [7, 11) is 0. The predicted octanol–water partition coefficient (Wildman–Crippen LogP) is -1.16. The fraction of sp³-hybridized carbons (Fsp3) is 0. The zero-order valence-electron chi connectivity index (χ0n) is 6.33. The fourth-order valence-corrected chi connectivity index (χ4v) is 0. The second-order valence-electron chi connectivity index (χ2n) is 0. The molecule has 0 spiro atoms. The number of rotatable bonds is 0. The molecule has 0 aromatic heterocycles. The molecular formula is H4AlI2Li. The molecule has 0 aliphatic heterocycles. The molecule has 22 valence electrons. The molecule has 4 heteroatoms. The van der Waals surface area contributed by atoms with Crippen LogP contribution < -0.4 is 18.9 Å². The smallest absolute Gasteiger partial charge is 1.00 e. The fourth-order valence-electron chi connectivity index (χ4n) is 0. The van der Waals surface area contributed by atoms with Crippen molar-refractivity contribution in [2.75, 3.05) is 0 Å². The first kappa shape index (κ1) is 16.0. The summed E-state index contributed by atoms with van der Waals surface area (Å²) >= 11 is 4.24. The summed E-state index contributed by atoms with van der Waals surface area (Å²) in [5.74, 6) is 0. The summed E-state index contributed by atoms with van der Waals surface area (Å²) in [6, 6.07) is 0. The molecule has 0 aromatic carbocycles. The van der Waals surface area contributed by atoms with Crippen LogP contribution in [0, 0.1) is 0 Å². The molecule has 0 nitrogen and oxygen atoms in total. The van der Waals surface area contributed by atoms with Crippen molar-refractivity contribution in [2.24, 2.45) is 0 Å². The van der Waals surface area contributed by atoms with Crippen molar-refractivity contribution in [1.82, 2.24) is 0 Å². The van der Waals surface area contributed by atoms with Gasteiger partial charge >= 0.3 is 36.2 Å². The van der Waals surface area contributed by atoms with E-state index in [1.165, 1.54) is 0 Å². The van der Waals surface area contributed by atoms with Gasteiger partial charge in [0.05, 0.1) is 0 Å². The van der Waals surface area contributed by atoms with Crippen LogP contribution >= 0.6 is 37.2 Å². The Morgan fingerprint density at radius 3 is 1.25 bits per heavy atom. The van der Waals surface area contributed by atoms with Gasteiger partial charge in [-0.25, -0.2) is 0 Å². The van der Waals surface area contributed by atoms with Crippen LogP contribution in [0.5, 0.6) is 0 Å². The first-order valence-corrected chi connectivity index (χ1v) is 6.43. The Morgan fingerprint density at radius 1 is 1.25 bits per heavy atom. The minimum atomic E-state index is 0. The van der Waals surface area contributed by atoms with Crippen molar-refractivity contribution in [3.8, 4) is 0 Å². The van der Waals surface area contributed by atoms with E-state index in [9.17, 15) is 0 Å². The summed E-state index contributed by atoms with van der Waals surface area (Å²) in [6.07, 6.45) is 0. The normalized spacial score (nSPS) is 1.50. The van der Waals surface area contributed by atoms with Crippen LogP contribution in [0.3, 0.4) is 0 Å². The average Bonchev–Trinajstić information content (AvgIpc) is 1.00. The van der Waals surface area contributed by atoms with Crippen LogP contribution in [0.15, 0.2) is 0 Å². The van der Waals surface area contributed by atoms with Crippen LogP contribution in [-0.2, 0) is 0 Å². The topological polar surface area (TPSA) is 0 Å². The molecule has 0 bridgehead atoms. The summed E-state index contributed by atoms with van der Waals surface area (Å²) in [4.78, 5) is 0. The van der Waals surface area contributed by atoms with E-state index in [0.29, 0.717) is 0 Å². The SMILES string of the molecule is II.[Al+3].[H-].[H-].[H-].[H-].[Li+]. The Hall–Kier alpha value is 2.59. The number of hydrogen-bond acceptors (Lipinski definition) is 0. The maximum atomic E-state index is 2.12. The van der Waals surface area contributed by atoms with Gasteiger partial charge in [-0.05, 0) is 0 Å². The zero-order chi connectivity index (χ0) is 2.00. The van der Waals surface area contributed by atoms with Gasteiger partial charge in [0.15, 0.2) is 0 Å². The van der Waals surface area contributed by atoms with E-state index in [2.05, 4.69) is 37.2 Å². The Kier molecular flexibility index (Phi) is 70.1. The Balaban J connectivity index is -0.000000000333. The van der Waals surface area contributed by atoms with Crippen LogP contribution in [0.2, 0.25) is 0 Å². The average molecular weight is 292 g/mol. The molecular weight excluding hydrogens is 288 g/mol. The third-order valence-electron chi connectivity index (χ3n) is 0. The molecule has 0 atom stereocenters. The second kappa shape index (κ2) is 17.6. The van der Waals surface area contributed by atoms with Crippen LogP contribution in [-0.4, -0.2) is 17.4 Å². The third-order valence-corrected chi connectivity index (χ3v) is 0. The molecule has 0 radical (unpaired) electrons. The van der Waals surface area contributed by atoms with E-state index in [4.69, 9.17) is 0 Å². The molecule has 0 N–H and O–H groups in total. The Labute approximate surface area is 78.0 Å². The monoisotopic (exact) mass is 292 g/mol. The summed E-state index contributed by atoms with van der Waals surface area (Å²) < 4.78 is 0. The minimum Gasteiger partial charge on any atom is -1.00 e. The van der Waals surface area contributed by atoms with Gasteiger partial charge in [0, 0.05) is 37.2 Å². The van der Waals surface area contributed by atoms with Gasteiger partial charge in [0.25, 0.3) is 0 Å². The number of hydrogen-bond donors (Lipinski definition) is 0. The largest absolute Gasteiger partial charge is 3.00 e. The van der Waals surface area contributed by atoms with Crippen LogP contribution in [0.1, 0.15) is 5.71 Å². The molecule has 0 unspecified atom stereocenters. The van der Waals surface area contributed by atoms with Crippen molar-refractivity contribution in [1.29, 1.82) is 0 Å². The van der Waals surface area contributed by atoms with Crippen molar-refractivity contribution < 1.29 is 24.6 Å². The van der Waals surface area contributed by atoms with Crippen LogP contribution in [0.25, 0.3) is 0 Å². The minimum absolute atomic E-state index is 0. The molecule has 0 fully saturated rings. The van der Waals surface area contributed by atoms with Gasteiger partial charge in [-0.3, -0.25) is 0 Å². The number of halogens is 2. The van der Waals surface area contributed by atoms with Gasteiger partial charge in [-0.2, -0.15) is 0 Å². The molecule has 0 heterocycles. The van der Waals surface area contributed by atoms with Gasteiger partial charge in [-0.15, -0.1) is 0 Å². The zero-order valence-corrected chi connectivity index (χ0v) is 7.80. The summed E-state index contributed by atoms with van der Waals surface area (Å²) in [5.41, 5.74) is 0. The summed E-state index contributed by atoms with van der Waals surface area (Å²) in [5, 5.41) is 0. The molecule has 0 aliphatic rings. The summed E-state index contributed by atoms with van der Waals surface area (Å²) in [6.45, 7) is 0. The third kappa shape index (κ3) is 8.82. The molecule has 0 saturated carbocycles. The maximum Gasteiger partial charge on any atom is 3.00 e. The molecule has 0 rings (SSSR count). The molecule has 4 heavy (non-hydrogen) atoms. The van der Waals surface area contributed by atoms with E-state index in [-0.39, 0.29) is 41.9 Å². The first-order chi connectivity index (χ1) is 1.00. The second-order valence-corrected chi connectivity index (χ2v) is 0. The van der Waals surface area contributed by atoms with E-state index in [1.54, 1.807) is 0 Å². The van der Waals surface area contributed by atoms with Crippen molar-refractivity contribution >= 4 is 54.6 Å². The van der Waals surface area contributed by atoms with E-state index < -0.39 is 0 Å². The van der Waals surface area contributed by atoms with E-state index in [1.807, 2.05) is 0 Å². The van der Waals surface area contributed by atoms with Crippen molar-refractivity contribution in [3.63, 3.8) is 0 Å². The van der Waals surface area contributed by atoms with E-state index in [0.717, 1.165) is 0 Å². The standard InChI is InChI=1S/Al.I2.Li.4H/c;1-2;;;;;/q+3;;+1;4*-1. The molecule has 0 aromatic rings. The maximum absolute atomic E-state index is 2.12. The first-order valence-electron chi connectivity index (χ1n) is 0.143. The van der Waals surface area contributed by atoms with Gasteiger partial charge in [0.2, 0.25) is 0 Å². The predicted molar refractivity (Wildman–Crippen MR) is 38.2 cm³/mol. The van der Waals surface area contributed by atoms with Crippen molar-refractivity contribution in [2.45, 2.75) is 0 Å². The molecule has 0 amide bonds. The molecule has 0 aliphatic carbocycles. The van der Waals surface area contributed by atoms with Gasteiger partial charge in [0.1, 0.15) is 0 Å². The van der Waals surface area contributed by atoms with Gasteiger partial charge < -0.3 is 5.71 Å². The molecule has 0 saturated heterocycles. The Bertz CT molecular complexity index is 14.0. The van der Waals surface area contributed by atoms with Crippen LogP contribution in [0.4, 0.5) is 0 Å².